The maximum atomic E-state index is 13.4. The summed E-state index contributed by atoms with van der Waals surface area (Å²) >= 11 is 20.7. The highest BCUT2D eigenvalue weighted by atomic mass is 35.5. The van der Waals surface area contributed by atoms with Crippen LogP contribution in [-0.2, 0) is 9.59 Å². The third-order valence-corrected chi connectivity index (χ3v) is 7.70. The molecule has 31 heavy (non-hydrogen) atoms. The van der Waals surface area contributed by atoms with E-state index in [1.807, 2.05) is 31.2 Å². The van der Waals surface area contributed by atoms with Crippen LogP contribution in [0.25, 0.3) is 0 Å². The van der Waals surface area contributed by atoms with E-state index >= 15 is 0 Å². The van der Waals surface area contributed by atoms with Gasteiger partial charge < -0.3 is 0 Å². The van der Waals surface area contributed by atoms with Crippen molar-refractivity contribution in [2.75, 3.05) is 4.90 Å². The van der Waals surface area contributed by atoms with E-state index in [9.17, 15) is 9.59 Å². The minimum Gasteiger partial charge on any atom is -0.268 e. The zero-order valence-corrected chi connectivity index (χ0v) is 20.0. The topological polar surface area (TPSA) is 37.4 Å². The molecule has 4 rings (SSSR count). The van der Waals surface area contributed by atoms with Gasteiger partial charge in [-0.2, -0.15) is 0 Å². The summed E-state index contributed by atoms with van der Waals surface area (Å²) in [6, 6.07) is 19.4. The number of carbonyl (C=O) groups excluding carboxylic acids is 2. The predicted molar refractivity (Wildman–Crippen MR) is 130 cm³/mol. The molecule has 3 nitrogen and oxygen atoms in total. The first-order valence-corrected chi connectivity index (χ1v) is 11.9. The number of benzene rings is 3. The SMILES string of the molecule is Cc1ccc(N2C(=O)C(Sc3ccc(Cl)cc3)=C(Sc3ccc(Cl)cc3)C2=O)cc1Cl. The van der Waals surface area contributed by atoms with Gasteiger partial charge in [-0.1, -0.05) is 64.4 Å². The van der Waals surface area contributed by atoms with Crippen molar-refractivity contribution in [1.82, 2.24) is 0 Å². The van der Waals surface area contributed by atoms with E-state index in [1.165, 1.54) is 28.4 Å². The van der Waals surface area contributed by atoms with Gasteiger partial charge in [-0.3, -0.25) is 9.59 Å². The maximum absolute atomic E-state index is 13.4. The van der Waals surface area contributed by atoms with Crippen molar-refractivity contribution in [3.63, 3.8) is 0 Å². The van der Waals surface area contributed by atoms with E-state index in [0.717, 1.165) is 15.4 Å². The van der Waals surface area contributed by atoms with E-state index < -0.39 is 0 Å². The first-order valence-electron chi connectivity index (χ1n) is 9.09. The van der Waals surface area contributed by atoms with Crippen LogP contribution in [-0.4, -0.2) is 11.8 Å². The number of nitrogens with zero attached hydrogens (tertiary/aromatic N) is 1. The molecule has 0 fully saturated rings. The van der Waals surface area contributed by atoms with Gasteiger partial charge in [0.2, 0.25) is 0 Å². The van der Waals surface area contributed by atoms with Crippen molar-refractivity contribution in [2.24, 2.45) is 0 Å². The molecule has 156 valence electrons. The van der Waals surface area contributed by atoms with Crippen molar-refractivity contribution in [1.29, 1.82) is 0 Å². The quantitative estimate of drug-likeness (QED) is 0.333. The lowest BCUT2D eigenvalue weighted by atomic mass is 10.2. The Bertz CT molecular complexity index is 1140. The van der Waals surface area contributed by atoms with Gasteiger partial charge in [-0.15, -0.1) is 0 Å². The van der Waals surface area contributed by atoms with Crippen LogP contribution in [0.5, 0.6) is 0 Å². The fourth-order valence-corrected chi connectivity index (χ4v) is 5.28. The Hall–Kier alpha value is -1.89. The smallest absolute Gasteiger partial charge is 0.268 e. The van der Waals surface area contributed by atoms with Gasteiger partial charge >= 0.3 is 0 Å². The summed E-state index contributed by atoms with van der Waals surface area (Å²) < 4.78 is 0. The van der Waals surface area contributed by atoms with Gasteiger partial charge in [0.1, 0.15) is 0 Å². The number of carbonyl (C=O) groups is 2. The average Bonchev–Trinajstić information content (AvgIpc) is 2.97. The van der Waals surface area contributed by atoms with Crippen LogP contribution in [0.4, 0.5) is 5.69 Å². The molecule has 3 aromatic carbocycles. The molecule has 0 aliphatic carbocycles. The molecule has 0 atom stereocenters. The van der Waals surface area contributed by atoms with E-state index in [4.69, 9.17) is 34.8 Å². The fourth-order valence-electron chi connectivity index (χ4n) is 2.87. The number of rotatable bonds is 5. The van der Waals surface area contributed by atoms with Gasteiger partial charge in [0, 0.05) is 24.9 Å². The van der Waals surface area contributed by atoms with Crippen LogP contribution >= 0.6 is 58.3 Å². The van der Waals surface area contributed by atoms with Crippen LogP contribution in [0, 0.1) is 6.92 Å². The molecule has 0 radical (unpaired) electrons. The molecule has 0 aromatic heterocycles. The average molecular weight is 507 g/mol. The standard InChI is InChI=1S/C23H14Cl3NO2S2/c1-13-2-7-16(12-19(13)26)27-22(28)20(30-17-8-3-14(24)4-9-17)21(23(27)29)31-18-10-5-15(25)6-11-18/h2-12H,1H3. The third kappa shape index (κ3) is 4.81. The number of halogens is 3. The van der Waals surface area contributed by atoms with Gasteiger partial charge in [0.15, 0.2) is 0 Å². The van der Waals surface area contributed by atoms with Crippen LogP contribution < -0.4 is 4.90 Å². The first kappa shape index (κ1) is 22.3. The fraction of sp³-hybridized carbons (Fsp3) is 0.0435. The summed E-state index contributed by atoms with van der Waals surface area (Å²) in [6.07, 6.45) is 0. The summed E-state index contributed by atoms with van der Waals surface area (Å²) in [5, 5.41) is 1.68. The van der Waals surface area contributed by atoms with Crippen LogP contribution in [0.1, 0.15) is 5.56 Å². The van der Waals surface area contributed by atoms with Crippen molar-refractivity contribution in [3.05, 3.63) is 97.2 Å². The zero-order valence-electron chi connectivity index (χ0n) is 16.1. The van der Waals surface area contributed by atoms with E-state index in [2.05, 4.69) is 0 Å². The van der Waals surface area contributed by atoms with Crippen molar-refractivity contribution in [3.8, 4) is 0 Å². The Morgan fingerprint density at radius 1 is 0.677 bits per heavy atom. The molecular formula is C23H14Cl3NO2S2. The summed E-state index contributed by atoms with van der Waals surface area (Å²) in [5.41, 5.74) is 1.30. The largest absolute Gasteiger partial charge is 0.273 e. The lowest BCUT2D eigenvalue weighted by molar-refractivity contribution is -0.120. The highest BCUT2D eigenvalue weighted by Gasteiger charge is 2.40. The van der Waals surface area contributed by atoms with Crippen LogP contribution in [0.3, 0.4) is 0 Å². The van der Waals surface area contributed by atoms with Gasteiger partial charge in [-0.05, 0) is 73.2 Å². The van der Waals surface area contributed by atoms with Gasteiger partial charge in [0.05, 0.1) is 15.5 Å². The molecule has 0 unspecified atom stereocenters. The predicted octanol–water partition coefficient (Wildman–Crippen LogP) is 7.62. The Balaban J connectivity index is 1.74. The molecule has 1 aliphatic heterocycles. The molecule has 8 heteroatoms. The highest BCUT2D eigenvalue weighted by molar-refractivity contribution is 8.08. The molecule has 0 saturated carbocycles. The van der Waals surface area contributed by atoms with E-state index in [0.29, 0.717) is 30.6 Å². The lowest BCUT2D eigenvalue weighted by Gasteiger charge is -2.16. The number of anilines is 1. The molecule has 1 aliphatic rings. The summed E-state index contributed by atoms with van der Waals surface area (Å²) in [7, 11) is 0. The van der Waals surface area contributed by atoms with E-state index in [-0.39, 0.29) is 11.8 Å². The molecule has 0 spiro atoms. The molecular weight excluding hydrogens is 493 g/mol. The number of thioether (sulfide) groups is 2. The summed E-state index contributed by atoms with van der Waals surface area (Å²) in [4.78, 5) is 30.2. The molecule has 0 bridgehead atoms. The maximum Gasteiger partial charge on any atom is 0.273 e. The van der Waals surface area contributed by atoms with E-state index in [1.54, 1.807) is 42.5 Å². The monoisotopic (exact) mass is 505 g/mol. The summed E-state index contributed by atoms with van der Waals surface area (Å²) in [5.74, 6) is -0.775. The second-order valence-electron chi connectivity index (χ2n) is 6.65. The molecule has 1 heterocycles. The summed E-state index contributed by atoms with van der Waals surface area (Å²) in [6.45, 7) is 1.86. The zero-order chi connectivity index (χ0) is 22.1. The Morgan fingerprint density at radius 2 is 1.13 bits per heavy atom. The van der Waals surface area contributed by atoms with Gasteiger partial charge in [0.25, 0.3) is 11.8 Å². The third-order valence-electron chi connectivity index (χ3n) is 4.48. The molecule has 3 aromatic rings. The lowest BCUT2D eigenvalue weighted by Crippen LogP contribution is -2.31. The normalized spacial score (nSPS) is 14.0. The second kappa shape index (κ2) is 9.31. The van der Waals surface area contributed by atoms with Crippen molar-refractivity contribution in [2.45, 2.75) is 16.7 Å². The van der Waals surface area contributed by atoms with Crippen molar-refractivity contribution < 1.29 is 9.59 Å². The number of amides is 2. The molecule has 0 saturated heterocycles. The van der Waals surface area contributed by atoms with Gasteiger partial charge in [-0.25, -0.2) is 4.90 Å². The first-order chi connectivity index (χ1) is 14.8. The Labute approximate surface area is 203 Å². The highest BCUT2D eigenvalue weighted by Crippen LogP contribution is 2.44. The Morgan fingerprint density at radius 3 is 1.55 bits per heavy atom. The molecule has 0 N–H and O–H groups in total. The van der Waals surface area contributed by atoms with Crippen LogP contribution in [0.2, 0.25) is 15.1 Å². The number of aryl methyl sites for hydroxylation is 1. The number of imide groups is 1. The minimum atomic E-state index is -0.388. The molecule has 2 amide bonds. The second-order valence-corrected chi connectivity index (χ2v) is 10.1. The number of hydrogen-bond donors (Lipinski definition) is 0. The minimum absolute atomic E-state index is 0.351. The Kier molecular flexibility index (Phi) is 6.70. The number of hydrogen-bond acceptors (Lipinski definition) is 4. The van der Waals surface area contributed by atoms with Crippen LogP contribution in [0.15, 0.2) is 86.3 Å². The van der Waals surface area contributed by atoms with Crippen molar-refractivity contribution >= 4 is 75.8 Å².